The summed E-state index contributed by atoms with van der Waals surface area (Å²) in [6, 6.07) is 6.78. The molecule has 1 aliphatic rings. The van der Waals surface area contributed by atoms with Gasteiger partial charge in [-0.1, -0.05) is 12.1 Å². The maximum atomic E-state index is 12.7. The predicted molar refractivity (Wildman–Crippen MR) is 101 cm³/mol. The van der Waals surface area contributed by atoms with Crippen LogP contribution in [0.5, 0.6) is 5.75 Å². The van der Waals surface area contributed by atoms with Crippen LogP contribution in [0.2, 0.25) is 0 Å². The largest absolute Gasteiger partial charge is 0.496 e. The van der Waals surface area contributed by atoms with E-state index in [0.29, 0.717) is 24.5 Å². The Balaban J connectivity index is 1.50. The SMILES string of the molecule is COc1ccncc1CN1CCc2nc(-c3ccc(C(F)(F)F)cc3)ncc2C1. The summed E-state index contributed by atoms with van der Waals surface area (Å²) < 4.78 is 43.6. The molecule has 0 unspecified atom stereocenters. The highest BCUT2D eigenvalue weighted by Crippen LogP contribution is 2.31. The number of halogens is 3. The van der Waals surface area contributed by atoms with Gasteiger partial charge in [0.1, 0.15) is 5.75 Å². The van der Waals surface area contributed by atoms with Crippen LogP contribution in [0.1, 0.15) is 22.4 Å². The van der Waals surface area contributed by atoms with E-state index in [-0.39, 0.29) is 0 Å². The Morgan fingerprint density at radius 1 is 1.10 bits per heavy atom. The van der Waals surface area contributed by atoms with Crippen molar-refractivity contribution < 1.29 is 17.9 Å². The first-order valence-corrected chi connectivity index (χ1v) is 9.15. The minimum absolute atomic E-state index is 0.444. The van der Waals surface area contributed by atoms with Gasteiger partial charge >= 0.3 is 6.18 Å². The Bertz CT molecular complexity index is 1010. The molecule has 0 bridgehead atoms. The zero-order chi connectivity index (χ0) is 20.4. The summed E-state index contributed by atoms with van der Waals surface area (Å²) in [4.78, 5) is 15.4. The van der Waals surface area contributed by atoms with Gasteiger partial charge in [-0.2, -0.15) is 13.2 Å². The lowest BCUT2D eigenvalue weighted by Gasteiger charge is -2.28. The second-order valence-corrected chi connectivity index (χ2v) is 6.89. The van der Waals surface area contributed by atoms with Crippen molar-refractivity contribution in [2.45, 2.75) is 25.7 Å². The van der Waals surface area contributed by atoms with Gasteiger partial charge in [0.25, 0.3) is 0 Å². The fourth-order valence-corrected chi connectivity index (χ4v) is 3.43. The second kappa shape index (κ2) is 7.79. The molecule has 2 aromatic heterocycles. The second-order valence-electron chi connectivity index (χ2n) is 6.89. The minimum Gasteiger partial charge on any atom is -0.496 e. The Morgan fingerprint density at radius 3 is 2.62 bits per heavy atom. The molecule has 0 radical (unpaired) electrons. The zero-order valence-electron chi connectivity index (χ0n) is 15.8. The van der Waals surface area contributed by atoms with E-state index in [1.807, 2.05) is 6.07 Å². The number of hydrogen-bond donors (Lipinski definition) is 0. The van der Waals surface area contributed by atoms with Crippen LogP contribution in [0.15, 0.2) is 48.9 Å². The first kappa shape index (κ1) is 19.3. The van der Waals surface area contributed by atoms with Crippen molar-refractivity contribution in [2.24, 2.45) is 0 Å². The number of aromatic nitrogens is 3. The van der Waals surface area contributed by atoms with E-state index in [2.05, 4.69) is 19.9 Å². The quantitative estimate of drug-likeness (QED) is 0.659. The number of ether oxygens (including phenoxy) is 1. The molecule has 3 aromatic rings. The lowest BCUT2D eigenvalue weighted by molar-refractivity contribution is -0.137. The van der Waals surface area contributed by atoms with Crippen molar-refractivity contribution >= 4 is 0 Å². The average Bonchev–Trinajstić information content (AvgIpc) is 2.73. The van der Waals surface area contributed by atoms with Gasteiger partial charge in [-0.25, -0.2) is 9.97 Å². The first-order valence-electron chi connectivity index (χ1n) is 9.15. The van der Waals surface area contributed by atoms with E-state index in [4.69, 9.17) is 4.74 Å². The van der Waals surface area contributed by atoms with Crippen LogP contribution >= 0.6 is 0 Å². The van der Waals surface area contributed by atoms with Gasteiger partial charge in [-0.3, -0.25) is 9.88 Å². The van der Waals surface area contributed by atoms with E-state index < -0.39 is 11.7 Å². The number of rotatable bonds is 4. The molecule has 1 aromatic carbocycles. The highest BCUT2D eigenvalue weighted by atomic mass is 19.4. The lowest BCUT2D eigenvalue weighted by atomic mass is 10.1. The van der Waals surface area contributed by atoms with Gasteiger partial charge in [-0.15, -0.1) is 0 Å². The van der Waals surface area contributed by atoms with Gasteiger partial charge in [0.05, 0.1) is 18.4 Å². The Hall–Kier alpha value is -3.00. The summed E-state index contributed by atoms with van der Waals surface area (Å²) in [7, 11) is 1.64. The number of methoxy groups -OCH3 is 1. The van der Waals surface area contributed by atoms with Gasteiger partial charge in [0.15, 0.2) is 5.82 Å². The standard InChI is InChI=1S/C21H19F3N4O/c1-29-19-6-8-25-10-16(19)13-28-9-7-18-15(12-28)11-26-20(27-18)14-2-4-17(5-3-14)21(22,23)24/h2-6,8,10-11H,7,9,12-13H2,1H3. The van der Waals surface area contributed by atoms with Crippen LogP contribution in [0.25, 0.3) is 11.4 Å². The van der Waals surface area contributed by atoms with Gasteiger partial charge < -0.3 is 4.74 Å². The number of nitrogens with zero attached hydrogens (tertiary/aromatic N) is 4. The third-order valence-electron chi connectivity index (χ3n) is 4.96. The fourth-order valence-electron chi connectivity index (χ4n) is 3.43. The molecule has 0 aliphatic carbocycles. The van der Waals surface area contributed by atoms with Crippen LogP contribution in [-0.4, -0.2) is 33.5 Å². The predicted octanol–water partition coefficient (Wildman–Crippen LogP) is 4.12. The van der Waals surface area contributed by atoms with E-state index in [1.54, 1.807) is 25.7 Å². The minimum atomic E-state index is -4.35. The molecule has 1 aliphatic heterocycles. The summed E-state index contributed by atoms with van der Waals surface area (Å²) in [6.45, 7) is 2.21. The number of alkyl halides is 3. The molecule has 0 spiro atoms. The van der Waals surface area contributed by atoms with E-state index in [9.17, 15) is 13.2 Å². The normalized spacial score (nSPS) is 14.5. The fraction of sp³-hybridized carbons (Fsp3) is 0.286. The highest BCUT2D eigenvalue weighted by molar-refractivity contribution is 5.56. The molecule has 0 saturated carbocycles. The van der Waals surface area contributed by atoms with E-state index in [1.165, 1.54) is 12.1 Å². The molecule has 0 N–H and O–H groups in total. The van der Waals surface area contributed by atoms with E-state index in [0.717, 1.165) is 47.7 Å². The number of fused-ring (bicyclic) bond motifs is 1. The molecule has 0 fully saturated rings. The van der Waals surface area contributed by atoms with Crippen molar-refractivity contribution in [2.75, 3.05) is 13.7 Å². The Morgan fingerprint density at radius 2 is 1.90 bits per heavy atom. The summed E-state index contributed by atoms with van der Waals surface area (Å²) in [5.74, 6) is 1.25. The number of benzene rings is 1. The topological polar surface area (TPSA) is 51.1 Å². The Kier molecular flexibility index (Phi) is 5.19. The molecule has 29 heavy (non-hydrogen) atoms. The molecule has 3 heterocycles. The monoisotopic (exact) mass is 400 g/mol. The third-order valence-corrected chi connectivity index (χ3v) is 4.96. The van der Waals surface area contributed by atoms with Crippen molar-refractivity contribution in [3.8, 4) is 17.1 Å². The van der Waals surface area contributed by atoms with Crippen molar-refractivity contribution in [3.63, 3.8) is 0 Å². The Labute approximate surface area is 166 Å². The highest BCUT2D eigenvalue weighted by Gasteiger charge is 2.30. The molecule has 150 valence electrons. The van der Waals surface area contributed by atoms with E-state index >= 15 is 0 Å². The summed E-state index contributed by atoms with van der Waals surface area (Å²) in [5, 5.41) is 0. The van der Waals surface area contributed by atoms with Crippen LogP contribution in [0, 0.1) is 0 Å². The summed E-state index contributed by atoms with van der Waals surface area (Å²) >= 11 is 0. The maximum Gasteiger partial charge on any atom is 0.416 e. The van der Waals surface area contributed by atoms with Crippen LogP contribution in [-0.2, 0) is 25.7 Å². The molecule has 4 rings (SSSR count). The van der Waals surface area contributed by atoms with Crippen LogP contribution in [0.4, 0.5) is 13.2 Å². The molecule has 0 saturated heterocycles. The summed E-state index contributed by atoms with van der Waals surface area (Å²) in [6.07, 6.45) is 1.66. The van der Waals surface area contributed by atoms with Crippen molar-refractivity contribution in [1.29, 1.82) is 0 Å². The third kappa shape index (κ3) is 4.22. The molecule has 5 nitrogen and oxygen atoms in total. The molecular weight excluding hydrogens is 381 g/mol. The number of pyridine rings is 1. The van der Waals surface area contributed by atoms with Crippen molar-refractivity contribution in [1.82, 2.24) is 19.9 Å². The average molecular weight is 400 g/mol. The molecular formula is C21H19F3N4O. The first-order chi connectivity index (χ1) is 13.9. The zero-order valence-corrected chi connectivity index (χ0v) is 15.8. The van der Waals surface area contributed by atoms with Gasteiger partial charge in [0.2, 0.25) is 0 Å². The van der Waals surface area contributed by atoms with Gasteiger partial charge in [-0.05, 0) is 18.2 Å². The van der Waals surface area contributed by atoms with Gasteiger partial charge in [0, 0.05) is 61.3 Å². The smallest absolute Gasteiger partial charge is 0.416 e. The van der Waals surface area contributed by atoms with Crippen molar-refractivity contribution in [3.05, 3.63) is 71.3 Å². The molecule has 0 atom stereocenters. The molecule has 8 heteroatoms. The number of hydrogen-bond acceptors (Lipinski definition) is 5. The van der Waals surface area contributed by atoms with Crippen LogP contribution < -0.4 is 4.74 Å². The molecule has 0 amide bonds. The van der Waals surface area contributed by atoms with Crippen LogP contribution in [0.3, 0.4) is 0 Å². The maximum absolute atomic E-state index is 12.7. The lowest BCUT2D eigenvalue weighted by Crippen LogP contribution is -2.31. The summed E-state index contributed by atoms with van der Waals surface area (Å²) in [5.41, 5.74) is 2.86.